The summed E-state index contributed by atoms with van der Waals surface area (Å²) in [7, 11) is 0. The summed E-state index contributed by atoms with van der Waals surface area (Å²) in [5.74, 6) is -0.401. The van der Waals surface area contributed by atoms with Crippen molar-refractivity contribution in [1.29, 1.82) is 5.26 Å². The van der Waals surface area contributed by atoms with Gasteiger partial charge in [-0.15, -0.1) is 15.3 Å². The minimum atomic E-state index is -0.441. The molecule has 0 saturated carbocycles. The second kappa shape index (κ2) is 7.60. The molecule has 0 amide bonds. The molecule has 0 unspecified atom stereocenters. The zero-order valence-electron chi connectivity index (χ0n) is 15.5. The molecule has 4 aromatic rings. The van der Waals surface area contributed by atoms with Gasteiger partial charge in [0.15, 0.2) is 22.3 Å². The molecule has 3 heterocycles. The number of pyridine rings is 1. The van der Waals surface area contributed by atoms with Gasteiger partial charge in [0.05, 0.1) is 11.3 Å². The highest BCUT2D eigenvalue weighted by atomic mass is 32.1. The van der Waals surface area contributed by atoms with E-state index in [0.29, 0.717) is 33.1 Å². The molecule has 0 aliphatic heterocycles. The van der Waals surface area contributed by atoms with Crippen LogP contribution in [0.15, 0.2) is 43.2 Å². The Morgan fingerprint density at radius 1 is 1.10 bits per heavy atom. The number of fused-ring (bicyclic) bond motifs is 1. The zero-order valence-corrected chi connectivity index (χ0v) is 16.3. The number of aryl methyl sites for hydroxylation is 2. The Morgan fingerprint density at radius 3 is 2.67 bits per heavy atom. The van der Waals surface area contributed by atoms with Crippen molar-refractivity contribution >= 4 is 45.0 Å². The molecule has 1 aromatic carbocycles. The van der Waals surface area contributed by atoms with Crippen molar-refractivity contribution in [1.82, 2.24) is 19.5 Å². The van der Waals surface area contributed by atoms with Gasteiger partial charge >= 0.3 is 6.01 Å². The normalized spacial score (nSPS) is 11.6. The van der Waals surface area contributed by atoms with E-state index in [2.05, 4.69) is 46.0 Å². The van der Waals surface area contributed by atoms with E-state index >= 15 is 0 Å². The van der Waals surface area contributed by atoms with Gasteiger partial charge in [-0.3, -0.25) is 0 Å². The molecule has 0 fully saturated rings. The van der Waals surface area contributed by atoms with E-state index in [4.69, 9.17) is 9.78 Å². The molecule has 2 N–H and O–H groups in total. The Bertz CT molecular complexity index is 1370. The predicted octanol–water partition coefficient (Wildman–Crippen LogP) is 4.80. The number of benzene rings is 1. The Kier molecular flexibility index (Phi) is 4.82. The molecule has 0 aliphatic rings. The second-order valence-corrected chi connectivity index (χ2v) is 6.67. The summed E-state index contributed by atoms with van der Waals surface area (Å²) in [5.41, 5.74) is 1.80. The maximum absolute atomic E-state index is 10.4. The van der Waals surface area contributed by atoms with Crippen LogP contribution in [0, 0.1) is 25.2 Å². The molecule has 0 saturated heterocycles. The summed E-state index contributed by atoms with van der Waals surface area (Å²) in [5, 5.41) is 49.0. The minimum absolute atomic E-state index is 0.0374. The minimum Gasteiger partial charge on any atom is -0.505 e. The first-order valence-electron chi connectivity index (χ1n) is 8.32. The number of nitrogens with zero attached hydrogens (tertiary/aromatic N) is 9. The molecule has 0 radical (unpaired) electrons. The predicted molar refractivity (Wildman–Crippen MR) is 104 cm³/mol. The van der Waals surface area contributed by atoms with E-state index in [1.165, 1.54) is 12.1 Å². The highest BCUT2D eigenvalue weighted by molar-refractivity contribution is 7.11. The van der Waals surface area contributed by atoms with Gasteiger partial charge < -0.3 is 14.7 Å². The van der Waals surface area contributed by atoms with E-state index in [1.807, 2.05) is 0 Å². The quantitative estimate of drug-likeness (QED) is 0.441. The van der Waals surface area contributed by atoms with Crippen molar-refractivity contribution < 1.29 is 14.7 Å². The average molecular weight is 421 g/mol. The van der Waals surface area contributed by atoms with Gasteiger partial charge in [0.1, 0.15) is 28.5 Å². The lowest BCUT2D eigenvalue weighted by Crippen LogP contribution is -1.87. The number of phenols is 2. The Balaban J connectivity index is 1.68. The van der Waals surface area contributed by atoms with Gasteiger partial charge in [-0.1, -0.05) is 10.3 Å². The molecule has 0 atom stereocenters. The van der Waals surface area contributed by atoms with E-state index in [1.54, 1.807) is 19.9 Å². The second-order valence-electron chi connectivity index (χ2n) is 5.91. The SMILES string of the molecule is Cc1noc(/N=N/c2c(O)ccc(/N=N/c3snc4cc(C#N)c(C)nc34)c2O)n1. The summed E-state index contributed by atoms with van der Waals surface area (Å²) < 4.78 is 9.01. The lowest BCUT2D eigenvalue weighted by atomic mass is 10.2. The van der Waals surface area contributed by atoms with Crippen LogP contribution in [-0.2, 0) is 0 Å². The molecule has 0 spiro atoms. The van der Waals surface area contributed by atoms with Gasteiger partial charge in [0, 0.05) is 0 Å². The number of aromatic nitrogens is 4. The van der Waals surface area contributed by atoms with Gasteiger partial charge in [0.25, 0.3) is 0 Å². The van der Waals surface area contributed by atoms with E-state index < -0.39 is 5.75 Å². The number of phenolic OH excluding ortho intramolecular Hbond substituents is 2. The molecule has 4 rings (SSSR count). The van der Waals surface area contributed by atoms with Crippen molar-refractivity contribution in [2.24, 2.45) is 20.5 Å². The third-order valence-electron chi connectivity index (χ3n) is 3.86. The number of azo groups is 2. The highest BCUT2D eigenvalue weighted by Gasteiger charge is 2.14. The first kappa shape index (κ1) is 19.0. The van der Waals surface area contributed by atoms with Crippen LogP contribution in [0.2, 0.25) is 0 Å². The number of aromatic hydroxyl groups is 2. The summed E-state index contributed by atoms with van der Waals surface area (Å²) in [6.07, 6.45) is 0. The molecule has 3 aromatic heterocycles. The van der Waals surface area contributed by atoms with Crippen molar-refractivity contribution in [3.63, 3.8) is 0 Å². The first-order chi connectivity index (χ1) is 14.5. The van der Waals surface area contributed by atoms with Crippen molar-refractivity contribution in [3.8, 4) is 17.6 Å². The third-order valence-corrected chi connectivity index (χ3v) is 4.59. The zero-order chi connectivity index (χ0) is 21.3. The fourth-order valence-electron chi connectivity index (χ4n) is 2.39. The van der Waals surface area contributed by atoms with Gasteiger partial charge in [-0.05, 0) is 43.6 Å². The van der Waals surface area contributed by atoms with Crippen LogP contribution in [-0.4, -0.2) is 29.7 Å². The fraction of sp³-hybridized carbons (Fsp3) is 0.118. The summed E-state index contributed by atoms with van der Waals surface area (Å²) in [6.45, 7) is 3.32. The Hall–Kier alpha value is -4.31. The number of rotatable bonds is 4. The molecule has 148 valence electrons. The smallest absolute Gasteiger partial charge is 0.366 e. The van der Waals surface area contributed by atoms with E-state index in [0.717, 1.165) is 11.5 Å². The maximum atomic E-state index is 10.4. The number of nitriles is 1. The molecule has 12 nitrogen and oxygen atoms in total. The summed E-state index contributed by atoms with van der Waals surface area (Å²) >= 11 is 1.05. The van der Waals surface area contributed by atoms with E-state index in [9.17, 15) is 10.2 Å². The van der Waals surface area contributed by atoms with Crippen LogP contribution in [0.4, 0.5) is 22.4 Å². The van der Waals surface area contributed by atoms with Crippen LogP contribution in [0.1, 0.15) is 17.1 Å². The lowest BCUT2D eigenvalue weighted by Gasteiger charge is -2.03. The van der Waals surface area contributed by atoms with Crippen molar-refractivity contribution in [2.75, 3.05) is 0 Å². The van der Waals surface area contributed by atoms with E-state index in [-0.39, 0.29) is 23.1 Å². The third kappa shape index (κ3) is 3.54. The van der Waals surface area contributed by atoms with Crippen molar-refractivity contribution in [2.45, 2.75) is 13.8 Å². The standard InChI is InChI=1S/C17H11N9O3S/c1-7-9(6-18)5-11-13(19-7)16(30-26-11)23-21-10-3-4-12(27)14(15(10)28)22-24-17-20-8(2)25-29-17/h3-5,27-28H,1-2H3/b23-21+,24-22+. The summed E-state index contributed by atoms with van der Waals surface area (Å²) in [6, 6.07) is 6.20. The van der Waals surface area contributed by atoms with Crippen LogP contribution in [0.25, 0.3) is 11.0 Å². The lowest BCUT2D eigenvalue weighted by molar-refractivity contribution is 0.420. The summed E-state index contributed by atoms with van der Waals surface area (Å²) in [4.78, 5) is 8.20. The molecular formula is C17H11N9O3S. The fourth-order valence-corrected chi connectivity index (χ4v) is 3.03. The topological polar surface area (TPSA) is 178 Å². The Morgan fingerprint density at radius 2 is 1.93 bits per heavy atom. The van der Waals surface area contributed by atoms with Crippen LogP contribution >= 0.6 is 11.5 Å². The Labute approximate surface area is 172 Å². The van der Waals surface area contributed by atoms with Crippen molar-refractivity contribution in [3.05, 3.63) is 35.3 Å². The molecule has 13 heteroatoms. The van der Waals surface area contributed by atoms with Crippen LogP contribution < -0.4 is 0 Å². The average Bonchev–Trinajstić information content (AvgIpc) is 3.32. The number of hydrogen-bond donors (Lipinski definition) is 2. The van der Waals surface area contributed by atoms with Crippen LogP contribution in [0.3, 0.4) is 0 Å². The van der Waals surface area contributed by atoms with Gasteiger partial charge in [-0.2, -0.15) is 14.6 Å². The molecule has 0 aliphatic carbocycles. The van der Waals surface area contributed by atoms with Crippen LogP contribution in [0.5, 0.6) is 11.5 Å². The van der Waals surface area contributed by atoms with Gasteiger partial charge in [0.2, 0.25) is 0 Å². The largest absolute Gasteiger partial charge is 0.505 e. The molecule has 0 bridgehead atoms. The van der Waals surface area contributed by atoms with Gasteiger partial charge in [-0.25, -0.2) is 4.98 Å². The number of hydrogen-bond acceptors (Lipinski definition) is 13. The molecular weight excluding hydrogens is 410 g/mol. The molecule has 30 heavy (non-hydrogen) atoms. The monoisotopic (exact) mass is 421 g/mol. The maximum Gasteiger partial charge on any atom is 0.366 e. The first-order valence-corrected chi connectivity index (χ1v) is 9.09. The highest BCUT2D eigenvalue weighted by Crippen LogP contribution is 2.44.